The Morgan fingerprint density at radius 1 is 1.30 bits per heavy atom. The summed E-state index contributed by atoms with van der Waals surface area (Å²) in [5, 5.41) is 8.99. The molecule has 1 aromatic heterocycles. The van der Waals surface area contributed by atoms with Gasteiger partial charge in [0, 0.05) is 29.7 Å². The van der Waals surface area contributed by atoms with Crippen molar-refractivity contribution in [2.75, 3.05) is 19.7 Å². The van der Waals surface area contributed by atoms with Crippen molar-refractivity contribution in [1.29, 1.82) is 0 Å². The fraction of sp³-hybridized carbons (Fsp3) is 0.438. The summed E-state index contributed by atoms with van der Waals surface area (Å²) in [4.78, 5) is 13.5. The summed E-state index contributed by atoms with van der Waals surface area (Å²) in [6, 6.07) is 7.85. The minimum absolute atomic E-state index is 0.229. The molecule has 0 N–H and O–H groups in total. The van der Waals surface area contributed by atoms with E-state index < -0.39 is 0 Å². The third-order valence-corrected chi connectivity index (χ3v) is 4.31. The molecule has 0 saturated carbocycles. The van der Waals surface area contributed by atoms with E-state index in [-0.39, 0.29) is 12.1 Å². The lowest BCUT2D eigenvalue weighted by Gasteiger charge is -2.32. The summed E-state index contributed by atoms with van der Waals surface area (Å²) >= 11 is 5.94. The van der Waals surface area contributed by atoms with Crippen molar-refractivity contribution >= 4 is 17.7 Å². The number of likely N-dealkylation sites (tertiary alicyclic amines) is 1. The smallest absolute Gasteiger partial charge is 0.409 e. The van der Waals surface area contributed by atoms with Crippen LogP contribution in [0, 0.1) is 0 Å². The molecular formula is C16H19ClN4O2. The van der Waals surface area contributed by atoms with Gasteiger partial charge in [0.2, 0.25) is 0 Å². The van der Waals surface area contributed by atoms with E-state index >= 15 is 0 Å². The van der Waals surface area contributed by atoms with Crippen molar-refractivity contribution in [2.24, 2.45) is 0 Å². The molecule has 2 aromatic rings. The van der Waals surface area contributed by atoms with Gasteiger partial charge in [0.05, 0.1) is 6.61 Å². The Balaban J connectivity index is 1.71. The van der Waals surface area contributed by atoms with Crippen molar-refractivity contribution in [1.82, 2.24) is 19.7 Å². The summed E-state index contributed by atoms with van der Waals surface area (Å²) in [6.07, 6.45) is 3.25. The summed E-state index contributed by atoms with van der Waals surface area (Å²) in [5.74, 6) is 0.830. The Hall–Kier alpha value is -2.08. The number of piperidine rings is 1. The highest BCUT2D eigenvalue weighted by Gasteiger charge is 2.26. The van der Waals surface area contributed by atoms with Crippen molar-refractivity contribution in [3.63, 3.8) is 0 Å². The average molecular weight is 335 g/mol. The standard InChI is InChI=1S/C16H19ClN4O2/c1-2-23-16(22)20-9-7-14(8-10-20)21-11-18-19-15(21)12-3-5-13(17)6-4-12/h3-6,11,14H,2,7-10H2,1H3. The topological polar surface area (TPSA) is 60.2 Å². The Morgan fingerprint density at radius 3 is 2.65 bits per heavy atom. The number of hydrogen-bond donors (Lipinski definition) is 0. The van der Waals surface area contributed by atoms with Crippen LogP contribution in [0.5, 0.6) is 0 Å². The Labute approximate surface area is 140 Å². The first-order valence-corrected chi connectivity index (χ1v) is 8.14. The summed E-state index contributed by atoms with van der Waals surface area (Å²) < 4.78 is 7.14. The molecule has 7 heteroatoms. The lowest BCUT2D eigenvalue weighted by atomic mass is 10.0. The van der Waals surface area contributed by atoms with Gasteiger partial charge in [-0.15, -0.1) is 10.2 Å². The van der Waals surface area contributed by atoms with E-state index in [2.05, 4.69) is 14.8 Å². The van der Waals surface area contributed by atoms with Crippen molar-refractivity contribution in [3.8, 4) is 11.4 Å². The molecule has 1 aliphatic rings. The minimum Gasteiger partial charge on any atom is -0.450 e. The molecule has 6 nitrogen and oxygen atoms in total. The molecule has 3 rings (SSSR count). The molecule has 1 fully saturated rings. The fourth-order valence-electron chi connectivity index (χ4n) is 2.86. The highest BCUT2D eigenvalue weighted by molar-refractivity contribution is 6.30. The Kier molecular flexibility index (Phi) is 4.81. The molecule has 0 aliphatic carbocycles. The number of amides is 1. The second-order valence-corrected chi connectivity index (χ2v) is 5.92. The zero-order valence-electron chi connectivity index (χ0n) is 13.0. The van der Waals surface area contributed by atoms with Crippen LogP contribution in [-0.2, 0) is 4.74 Å². The number of ether oxygens (including phenoxy) is 1. The Bertz CT molecular complexity index is 663. The average Bonchev–Trinajstić information content (AvgIpc) is 3.05. The lowest BCUT2D eigenvalue weighted by Crippen LogP contribution is -2.39. The highest BCUT2D eigenvalue weighted by atomic mass is 35.5. The second kappa shape index (κ2) is 7.00. The van der Waals surface area contributed by atoms with Crippen LogP contribution in [0.2, 0.25) is 5.02 Å². The normalized spacial score (nSPS) is 15.7. The minimum atomic E-state index is -0.229. The predicted octanol–water partition coefficient (Wildman–Crippen LogP) is 3.39. The SMILES string of the molecule is CCOC(=O)N1CCC(n2cnnc2-c2ccc(Cl)cc2)CC1. The molecule has 0 spiro atoms. The lowest BCUT2D eigenvalue weighted by molar-refractivity contribution is 0.0928. The summed E-state index contributed by atoms with van der Waals surface area (Å²) in [5.41, 5.74) is 0.986. The van der Waals surface area contributed by atoms with Gasteiger partial charge in [0.25, 0.3) is 0 Å². The van der Waals surface area contributed by atoms with Crippen LogP contribution in [0.15, 0.2) is 30.6 Å². The van der Waals surface area contributed by atoms with Crippen molar-refractivity contribution in [3.05, 3.63) is 35.6 Å². The van der Waals surface area contributed by atoms with E-state index in [1.807, 2.05) is 31.2 Å². The van der Waals surface area contributed by atoms with E-state index in [0.717, 1.165) is 24.2 Å². The van der Waals surface area contributed by atoms with Crippen LogP contribution in [-0.4, -0.2) is 45.5 Å². The molecule has 23 heavy (non-hydrogen) atoms. The number of rotatable bonds is 3. The van der Waals surface area contributed by atoms with Crippen LogP contribution >= 0.6 is 11.6 Å². The monoisotopic (exact) mass is 334 g/mol. The van der Waals surface area contributed by atoms with E-state index in [4.69, 9.17) is 16.3 Å². The predicted molar refractivity (Wildman–Crippen MR) is 87.3 cm³/mol. The van der Waals surface area contributed by atoms with Crippen molar-refractivity contribution < 1.29 is 9.53 Å². The molecule has 122 valence electrons. The van der Waals surface area contributed by atoms with Crippen LogP contribution in [0.3, 0.4) is 0 Å². The number of carbonyl (C=O) groups excluding carboxylic acids is 1. The van der Waals surface area contributed by atoms with E-state index in [0.29, 0.717) is 24.7 Å². The maximum Gasteiger partial charge on any atom is 0.409 e. The second-order valence-electron chi connectivity index (χ2n) is 5.49. The van der Waals surface area contributed by atoms with Gasteiger partial charge in [-0.25, -0.2) is 4.79 Å². The highest BCUT2D eigenvalue weighted by Crippen LogP contribution is 2.28. The number of hydrogen-bond acceptors (Lipinski definition) is 4. The molecule has 0 bridgehead atoms. The number of aromatic nitrogens is 3. The van der Waals surface area contributed by atoms with Gasteiger partial charge in [-0.05, 0) is 44.0 Å². The van der Waals surface area contributed by atoms with Crippen LogP contribution in [0.1, 0.15) is 25.8 Å². The van der Waals surface area contributed by atoms with Gasteiger partial charge >= 0.3 is 6.09 Å². The van der Waals surface area contributed by atoms with Crippen LogP contribution < -0.4 is 0 Å². The van der Waals surface area contributed by atoms with Gasteiger partial charge in [-0.1, -0.05) is 11.6 Å². The summed E-state index contributed by atoms with van der Waals surface area (Å²) in [6.45, 7) is 3.59. The molecule has 1 saturated heterocycles. The molecule has 0 radical (unpaired) electrons. The van der Waals surface area contributed by atoms with Crippen LogP contribution in [0.4, 0.5) is 4.79 Å². The van der Waals surface area contributed by atoms with Gasteiger partial charge in [-0.3, -0.25) is 0 Å². The molecule has 1 aliphatic heterocycles. The third kappa shape index (κ3) is 3.47. The Morgan fingerprint density at radius 2 is 2.00 bits per heavy atom. The van der Waals surface area contributed by atoms with E-state index in [1.54, 1.807) is 11.2 Å². The number of halogens is 1. The number of carbonyl (C=O) groups is 1. The first kappa shape index (κ1) is 15.8. The third-order valence-electron chi connectivity index (χ3n) is 4.06. The molecule has 1 amide bonds. The van der Waals surface area contributed by atoms with Crippen LogP contribution in [0.25, 0.3) is 11.4 Å². The van der Waals surface area contributed by atoms with E-state index in [1.165, 1.54) is 0 Å². The van der Waals surface area contributed by atoms with Gasteiger partial charge in [-0.2, -0.15) is 0 Å². The summed E-state index contributed by atoms with van der Waals surface area (Å²) in [7, 11) is 0. The van der Waals surface area contributed by atoms with Gasteiger partial charge in [0.15, 0.2) is 5.82 Å². The first-order chi connectivity index (χ1) is 11.2. The molecule has 2 heterocycles. The zero-order chi connectivity index (χ0) is 16.2. The largest absolute Gasteiger partial charge is 0.450 e. The van der Waals surface area contributed by atoms with Gasteiger partial charge < -0.3 is 14.2 Å². The molecule has 0 atom stereocenters. The maximum atomic E-state index is 11.8. The van der Waals surface area contributed by atoms with E-state index in [9.17, 15) is 4.79 Å². The quantitative estimate of drug-likeness (QED) is 0.863. The number of nitrogens with zero attached hydrogens (tertiary/aromatic N) is 4. The number of benzene rings is 1. The molecule has 0 unspecified atom stereocenters. The molecular weight excluding hydrogens is 316 g/mol. The zero-order valence-corrected chi connectivity index (χ0v) is 13.7. The first-order valence-electron chi connectivity index (χ1n) is 7.76. The molecule has 1 aromatic carbocycles. The van der Waals surface area contributed by atoms with Gasteiger partial charge in [0.1, 0.15) is 6.33 Å². The fourth-order valence-corrected chi connectivity index (χ4v) is 2.98. The van der Waals surface area contributed by atoms with Crippen molar-refractivity contribution in [2.45, 2.75) is 25.8 Å². The maximum absolute atomic E-state index is 11.8.